The first-order valence-corrected chi connectivity index (χ1v) is 8.83. The lowest BCUT2D eigenvalue weighted by Gasteiger charge is -2.17. The molecule has 0 saturated heterocycles. The summed E-state index contributed by atoms with van der Waals surface area (Å²) in [6.07, 6.45) is 3.95. The first kappa shape index (κ1) is 16.6. The maximum Gasteiger partial charge on any atom is 0.346 e. The van der Waals surface area contributed by atoms with E-state index in [1.807, 2.05) is 0 Å². The summed E-state index contributed by atoms with van der Waals surface area (Å²) in [7, 11) is 1.60. The molecule has 0 atom stereocenters. The number of hydrogen-bond donors (Lipinski definition) is 2. The van der Waals surface area contributed by atoms with Crippen LogP contribution in [0, 0.1) is 0 Å². The minimum atomic E-state index is -0.339. The van der Waals surface area contributed by atoms with E-state index in [4.69, 9.17) is 4.74 Å². The summed E-state index contributed by atoms with van der Waals surface area (Å²) in [5.74, 6) is 0.827. The predicted molar refractivity (Wildman–Crippen MR) is 93.8 cm³/mol. The van der Waals surface area contributed by atoms with Crippen molar-refractivity contribution in [3.05, 3.63) is 46.0 Å². The molecule has 0 spiro atoms. The second kappa shape index (κ2) is 7.53. The van der Waals surface area contributed by atoms with Gasteiger partial charge in [0.15, 0.2) is 0 Å². The summed E-state index contributed by atoms with van der Waals surface area (Å²) in [5, 5.41) is 3.51. The molecule has 1 aliphatic rings. The van der Waals surface area contributed by atoms with Crippen molar-refractivity contribution in [1.82, 2.24) is 9.97 Å². The summed E-state index contributed by atoms with van der Waals surface area (Å²) in [4.78, 5) is 30.6. The van der Waals surface area contributed by atoms with Crippen LogP contribution in [0.5, 0.6) is 5.75 Å². The van der Waals surface area contributed by atoms with Crippen molar-refractivity contribution in [3.63, 3.8) is 0 Å². The van der Waals surface area contributed by atoms with Gasteiger partial charge in [-0.1, -0.05) is 11.8 Å². The molecule has 1 aromatic heterocycles. The molecule has 2 N–H and O–H groups in total. The highest BCUT2D eigenvalue weighted by atomic mass is 32.2. The van der Waals surface area contributed by atoms with Crippen molar-refractivity contribution >= 4 is 23.4 Å². The Morgan fingerprint density at radius 3 is 2.79 bits per heavy atom. The van der Waals surface area contributed by atoms with Crippen LogP contribution in [0.3, 0.4) is 0 Å². The summed E-state index contributed by atoms with van der Waals surface area (Å²) in [5.41, 5.74) is 2.43. The number of aromatic nitrogens is 2. The van der Waals surface area contributed by atoms with Crippen molar-refractivity contribution < 1.29 is 9.53 Å². The van der Waals surface area contributed by atoms with Crippen molar-refractivity contribution in [2.45, 2.75) is 30.7 Å². The number of carbonyl (C=O) groups is 1. The van der Waals surface area contributed by atoms with Gasteiger partial charge in [0.25, 0.3) is 0 Å². The molecule has 1 amide bonds. The molecule has 7 heteroatoms. The Morgan fingerprint density at radius 1 is 1.29 bits per heavy atom. The average Bonchev–Trinajstić information content (AvgIpc) is 2.60. The standard InChI is InChI=1S/C17H19N3O3S/c1-23-12-8-6-11(7-9-12)18-15(21)10-24-16-13-4-2-3-5-14(13)19-17(22)20-16/h6-9H,2-5,10H2,1H3,(H,18,21)(H,19,20,22). The van der Waals surface area contributed by atoms with E-state index in [1.165, 1.54) is 11.8 Å². The van der Waals surface area contributed by atoms with Crippen molar-refractivity contribution in [3.8, 4) is 5.75 Å². The van der Waals surface area contributed by atoms with Crippen molar-refractivity contribution in [2.24, 2.45) is 0 Å². The Kier molecular flexibility index (Phi) is 5.20. The van der Waals surface area contributed by atoms with E-state index < -0.39 is 0 Å². The Morgan fingerprint density at radius 2 is 2.04 bits per heavy atom. The maximum absolute atomic E-state index is 12.1. The van der Waals surface area contributed by atoms with Crippen LogP contribution in [-0.2, 0) is 17.6 Å². The smallest absolute Gasteiger partial charge is 0.346 e. The molecular formula is C17H19N3O3S. The number of aryl methyl sites for hydroxylation is 1. The topological polar surface area (TPSA) is 84.1 Å². The minimum Gasteiger partial charge on any atom is -0.497 e. The third-order valence-corrected chi connectivity index (χ3v) is 4.92. The van der Waals surface area contributed by atoms with Gasteiger partial charge in [-0.25, -0.2) is 4.79 Å². The molecule has 1 aromatic carbocycles. The van der Waals surface area contributed by atoms with Gasteiger partial charge in [0.2, 0.25) is 5.91 Å². The van der Waals surface area contributed by atoms with Crippen LogP contribution >= 0.6 is 11.8 Å². The van der Waals surface area contributed by atoms with Crippen LogP contribution in [0.4, 0.5) is 5.69 Å². The number of carbonyl (C=O) groups excluding carboxylic acids is 1. The molecule has 0 unspecified atom stereocenters. The first-order valence-electron chi connectivity index (χ1n) is 7.84. The lowest BCUT2D eigenvalue weighted by Crippen LogP contribution is -2.20. The number of hydrogen-bond acceptors (Lipinski definition) is 5. The van der Waals surface area contributed by atoms with Gasteiger partial charge < -0.3 is 15.0 Å². The van der Waals surface area contributed by atoms with Gasteiger partial charge in [-0.3, -0.25) is 4.79 Å². The zero-order chi connectivity index (χ0) is 16.9. The van der Waals surface area contributed by atoms with Crippen molar-refractivity contribution in [1.29, 1.82) is 0 Å². The van der Waals surface area contributed by atoms with Gasteiger partial charge in [0.05, 0.1) is 12.9 Å². The lowest BCUT2D eigenvalue weighted by atomic mass is 9.98. The van der Waals surface area contributed by atoms with E-state index in [0.29, 0.717) is 10.7 Å². The molecule has 0 fully saturated rings. The normalized spacial score (nSPS) is 13.2. The quantitative estimate of drug-likeness (QED) is 0.642. The number of methoxy groups -OCH3 is 1. The van der Waals surface area contributed by atoms with Crippen LogP contribution in [0.2, 0.25) is 0 Å². The molecule has 1 heterocycles. The Balaban J connectivity index is 1.64. The van der Waals surface area contributed by atoms with E-state index in [0.717, 1.165) is 42.7 Å². The third kappa shape index (κ3) is 3.97. The molecule has 24 heavy (non-hydrogen) atoms. The Bertz CT molecular complexity index is 787. The Labute approximate surface area is 144 Å². The predicted octanol–water partition coefficient (Wildman–Crippen LogP) is 2.39. The second-order valence-corrected chi connectivity index (χ2v) is 6.54. The van der Waals surface area contributed by atoms with Gasteiger partial charge in [0.1, 0.15) is 10.8 Å². The number of rotatable bonds is 5. The van der Waals surface area contributed by atoms with Gasteiger partial charge in [0, 0.05) is 16.9 Å². The monoisotopic (exact) mass is 345 g/mol. The third-order valence-electron chi connectivity index (χ3n) is 3.90. The fourth-order valence-corrected chi connectivity index (χ4v) is 3.61. The van der Waals surface area contributed by atoms with E-state index in [9.17, 15) is 9.59 Å². The largest absolute Gasteiger partial charge is 0.497 e. The number of benzene rings is 1. The van der Waals surface area contributed by atoms with Crippen LogP contribution in [0.1, 0.15) is 24.1 Å². The van der Waals surface area contributed by atoms with E-state index in [2.05, 4.69) is 15.3 Å². The van der Waals surface area contributed by atoms with Crippen LogP contribution < -0.4 is 15.7 Å². The van der Waals surface area contributed by atoms with Crippen LogP contribution in [0.15, 0.2) is 34.1 Å². The average molecular weight is 345 g/mol. The molecule has 126 valence electrons. The number of nitrogens with zero attached hydrogens (tertiary/aromatic N) is 1. The molecular weight excluding hydrogens is 326 g/mol. The van der Waals surface area contributed by atoms with E-state index in [-0.39, 0.29) is 17.3 Å². The Hall–Kier alpha value is -2.28. The zero-order valence-electron chi connectivity index (χ0n) is 13.4. The number of aromatic amines is 1. The molecule has 0 aliphatic heterocycles. The second-order valence-electron chi connectivity index (χ2n) is 5.58. The van der Waals surface area contributed by atoms with Gasteiger partial charge in [-0.05, 0) is 49.9 Å². The summed E-state index contributed by atoms with van der Waals surface area (Å²) < 4.78 is 5.09. The van der Waals surface area contributed by atoms with E-state index in [1.54, 1.807) is 31.4 Å². The number of fused-ring (bicyclic) bond motifs is 1. The number of ether oxygens (including phenoxy) is 1. The minimum absolute atomic E-state index is 0.128. The molecule has 0 radical (unpaired) electrons. The summed E-state index contributed by atoms with van der Waals surface area (Å²) in [6.45, 7) is 0. The fourth-order valence-electron chi connectivity index (χ4n) is 2.72. The fraction of sp³-hybridized carbons (Fsp3) is 0.353. The van der Waals surface area contributed by atoms with Gasteiger partial charge >= 0.3 is 5.69 Å². The summed E-state index contributed by atoms with van der Waals surface area (Å²) >= 11 is 1.32. The molecule has 0 bridgehead atoms. The van der Waals surface area contributed by atoms with Gasteiger partial charge in [-0.2, -0.15) is 4.98 Å². The molecule has 6 nitrogen and oxygen atoms in total. The van der Waals surface area contributed by atoms with Gasteiger partial charge in [-0.15, -0.1) is 0 Å². The maximum atomic E-state index is 12.1. The molecule has 3 rings (SSSR count). The van der Waals surface area contributed by atoms with Crippen molar-refractivity contribution in [2.75, 3.05) is 18.2 Å². The molecule has 1 aliphatic carbocycles. The number of amides is 1. The van der Waals surface area contributed by atoms with E-state index >= 15 is 0 Å². The highest BCUT2D eigenvalue weighted by Gasteiger charge is 2.17. The number of H-pyrrole nitrogens is 1. The highest BCUT2D eigenvalue weighted by molar-refractivity contribution is 8.00. The number of thioether (sulfide) groups is 1. The number of anilines is 1. The first-order chi connectivity index (χ1) is 11.7. The molecule has 0 saturated carbocycles. The zero-order valence-corrected chi connectivity index (χ0v) is 14.2. The molecule has 2 aromatic rings. The lowest BCUT2D eigenvalue weighted by molar-refractivity contribution is -0.113. The summed E-state index contributed by atoms with van der Waals surface area (Å²) in [6, 6.07) is 7.15. The van der Waals surface area contributed by atoms with Crippen LogP contribution in [-0.4, -0.2) is 28.7 Å². The van der Waals surface area contributed by atoms with Crippen LogP contribution in [0.25, 0.3) is 0 Å². The SMILES string of the molecule is COc1ccc(NC(=O)CSc2nc(=O)[nH]c3c2CCCC3)cc1. The highest BCUT2D eigenvalue weighted by Crippen LogP contribution is 2.27. The number of nitrogens with one attached hydrogen (secondary N) is 2.